The molecule has 2 rings (SSSR count). The van der Waals surface area contributed by atoms with E-state index in [1.807, 2.05) is 55.5 Å². The minimum absolute atomic E-state index is 0.335. The molecule has 0 amide bonds. The van der Waals surface area contributed by atoms with Gasteiger partial charge in [-0.1, -0.05) is 67.6 Å². The van der Waals surface area contributed by atoms with Crippen molar-refractivity contribution in [1.82, 2.24) is 0 Å². The molecule has 0 aliphatic carbocycles. The zero-order valence-electron chi connectivity index (χ0n) is 11.0. The van der Waals surface area contributed by atoms with Gasteiger partial charge in [-0.25, -0.2) is 0 Å². The van der Waals surface area contributed by atoms with E-state index in [-0.39, 0.29) is 0 Å². The molecule has 2 aromatic carbocycles. The molecule has 1 heteroatoms. The zero-order valence-corrected chi connectivity index (χ0v) is 11.0. The van der Waals surface area contributed by atoms with Gasteiger partial charge in [-0.2, -0.15) is 0 Å². The average molecular weight is 240 g/mol. The lowest BCUT2D eigenvalue weighted by Gasteiger charge is -2.27. The second-order valence-corrected chi connectivity index (χ2v) is 5.16. The Morgan fingerprint density at radius 2 is 1.44 bits per heavy atom. The summed E-state index contributed by atoms with van der Waals surface area (Å²) >= 11 is 0. The molecule has 0 aliphatic rings. The van der Waals surface area contributed by atoms with Crippen LogP contribution in [0.15, 0.2) is 60.7 Å². The monoisotopic (exact) mass is 240 g/mol. The van der Waals surface area contributed by atoms with Crippen molar-refractivity contribution in [2.45, 2.75) is 31.8 Å². The molecule has 18 heavy (non-hydrogen) atoms. The Hall–Kier alpha value is -1.60. The predicted molar refractivity (Wildman–Crippen MR) is 75.5 cm³/mol. The first-order valence-corrected chi connectivity index (χ1v) is 6.42. The van der Waals surface area contributed by atoms with Crippen molar-refractivity contribution in [2.24, 2.45) is 0 Å². The van der Waals surface area contributed by atoms with E-state index in [0.717, 1.165) is 12.0 Å². The van der Waals surface area contributed by atoms with Crippen LogP contribution in [0, 0.1) is 0 Å². The van der Waals surface area contributed by atoms with Gasteiger partial charge in [0.2, 0.25) is 0 Å². The molecular formula is C17H20O. The SMILES string of the molecule is C[C@H](C[C@@](C)(O)c1ccccc1)c1ccccc1. The van der Waals surface area contributed by atoms with Crippen molar-refractivity contribution in [3.05, 3.63) is 71.8 Å². The predicted octanol–water partition coefficient (Wildman–Crippen LogP) is 4.09. The Morgan fingerprint density at radius 1 is 0.944 bits per heavy atom. The Labute approximate surface area is 109 Å². The number of hydrogen-bond donors (Lipinski definition) is 1. The van der Waals surface area contributed by atoms with Crippen LogP contribution in [-0.2, 0) is 5.60 Å². The second kappa shape index (κ2) is 5.36. The molecule has 0 bridgehead atoms. The van der Waals surface area contributed by atoms with E-state index in [9.17, 15) is 5.11 Å². The summed E-state index contributed by atoms with van der Waals surface area (Å²) in [6.45, 7) is 4.05. The fourth-order valence-corrected chi connectivity index (χ4v) is 2.41. The summed E-state index contributed by atoms with van der Waals surface area (Å²) in [6, 6.07) is 20.2. The summed E-state index contributed by atoms with van der Waals surface area (Å²) < 4.78 is 0. The molecular weight excluding hydrogens is 220 g/mol. The Kier molecular flexibility index (Phi) is 3.83. The van der Waals surface area contributed by atoms with E-state index in [1.165, 1.54) is 5.56 Å². The maximum atomic E-state index is 10.6. The summed E-state index contributed by atoms with van der Waals surface area (Å²) in [4.78, 5) is 0. The number of hydrogen-bond acceptors (Lipinski definition) is 1. The molecule has 0 saturated heterocycles. The van der Waals surface area contributed by atoms with Crippen LogP contribution in [0.4, 0.5) is 0 Å². The second-order valence-electron chi connectivity index (χ2n) is 5.16. The number of benzene rings is 2. The Morgan fingerprint density at radius 3 is 2.00 bits per heavy atom. The molecule has 0 spiro atoms. The van der Waals surface area contributed by atoms with Gasteiger partial charge in [0.25, 0.3) is 0 Å². The first-order valence-electron chi connectivity index (χ1n) is 6.42. The highest BCUT2D eigenvalue weighted by Crippen LogP contribution is 2.32. The van der Waals surface area contributed by atoms with Crippen LogP contribution in [-0.4, -0.2) is 5.11 Å². The van der Waals surface area contributed by atoms with Crippen LogP contribution in [0.2, 0.25) is 0 Å². The van der Waals surface area contributed by atoms with Crippen molar-refractivity contribution in [1.29, 1.82) is 0 Å². The maximum Gasteiger partial charge on any atom is 0.0874 e. The maximum absolute atomic E-state index is 10.6. The third-order valence-electron chi connectivity index (χ3n) is 3.47. The summed E-state index contributed by atoms with van der Waals surface area (Å²) in [5.41, 5.74) is 1.47. The lowest BCUT2D eigenvalue weighted by atomic mass is 9.84. The van der Waals surface area contributed by atoms with Crippen molar-refractivity contribution in [2.75, 3.05) is 0 Å². The molecule has 0 radical (unpaired) electrons. The Bertz CT molecular complexity index is 473. The minimum Gasteiger partial charge on any atom is -0.385 e. The third-order valence-corrected chi connectivity index (χ3v) is 3.47. The van der Waals surface area contributed by atoms with Crippen molar-refractivity contribution < 1.29 is 5.11 Å². The molecule has 0 fully saturated rings. The van der Waals surface area contributed by atoms with Crippen LogP contribution >= 0.6 is 0 Å². The van der Waals surface area contributed by atoms with Gasteiger partial charge < -0.3 is 5.11 Å². The van der Waals surface area contributed by atoms with Crippen molar-refractivity contribution in [3.63, 3.8) is 0 Å². The normalized spacial score (nSPS) is 15.9. The Balaban J connectivity index is 2.14. The molecule has 1 nitrogen and oxygen atoms in total. The lowest BCUT2D eigenvalue weighted by molar-refractivity contribution is 0.0415. The van der Waals surface area contributed by atoms with Crippen LogP contribution in [0.1, 0.15) is 37.3 Å². The third kappa shape index (κ3) is 2.99. The van der Waals surface area contributed by atoms with Crippen LogP contribution < -0.4 is 0 Å². The fraction of sp³-hybridized carbons (Fsp3) is 0.294. The van der Waals surface area contributed by atoms with Gasteiger partial charge in [0.15, 0.2) is 0 Å². The molecule has 0 heterocycles. The lowest BCUT2D eigenvalue weighted by Crippen LogP contribution is -2.23. The van der Waals surface area contributed by atoms with Gasteiger partial charge in [0.05, 0.1) is 5.60 Å². The highest BCUT2D eigenvalue weighted by molar-refractivity contribution is 5.24. The van der Waals surface area contributed by atoms with E-state index in [4.69, 9.17) is 0 Å². The molecule has 1 N–H and O–H groups in total. The molecule has 2 atom stereocenters. The smallest absolute Gasteiger partial charge is 0.0874 e. The topological polar surface area (TPSA) is 20.2 Å². The van der Waals surface area contributed by atoms with E-state index in [0.29, 0.717) is 5.92 Å². The van der Waals surface area contributed by atoms with Gasteiger partial charge >= 0.3 is 0 Å². The van der Waals surface area contributed by atoms with E-state index >= 15 is 0 Å². The standard InChI is InChI=1S/C17H20O/c1-14(15-9-5-3-6-10-15)13-17(2,18)16-11-7-4-8-12-16/h3-12,14,18H,13H2,1-2H3/t14-,17-/m1/s1. The van der Waals surface area contributed by atoms with Crippen molar-refractivity contribution >= 4 is 0 Å². The van der Waals surface area contributed by atoms with Gasteiger partial charge in [-0.3, -0.25) is 0 Å². The quantitative estimate of drug-likeness (QED) is 0.853. The van der Waals surface area contributed by atoms with Gasteiger partial charge in [-0.05, 0) is 30.4 Å². The molecule has 0 aromatic heterocycles. The van der Waals surface area contributed by atoms with E-state index in [1.54, 1.807) is 0 Å². The summed E-state index contributed by atoms with van der Waals surface area (Å²) in [5, 5.41) is 10.6. The van der Waals surface area contributed by atoms with E-state index < -0.39 is 5.60 Å². The average Bonchev–Trinajstić information content (AvgIpc) is 2.40. The molecule has 0 aliphatic heterocycles. The van der Waals surface area contributed by atoms with Gasteiger partial charge in [0, 0.05) is 0 Å². The fourth-order valence-electron chi connectivity index (χ4n) is 2.41. The summed E-state index contributed by atoms with van der Waals surface area (Å²) in [5.74, 6) is 0.335. The zero-order chi connectivity index (χ0) is 13.0. The minimum atomic E-state index is -0.781. The first kappa shape index (κ1) is 12.8. The highest BCUT2D eigenvalue weighted by atomic mass is 16.3. The van der Waals surface area contributed by atoms with Crippen molar-refractivity contribution in [3.8, 4) is 0 Å². The van der Waals surface area contributed by atoms with Crippen LogP contribution in [0.5, 0.6) is 0 Å². The molecule has 94 valence electrons. The van der Waals surface area contributed by atoms with Gasteiger partial charge in [-0.15, -0.1) is 0 Å². The largest absolute Gasteiger partial charge is 0.385 e. The van der Waals surface area contributed by atoms with Crippen LogP contribution in [0.3, 0.4) is 0 Å². The molecule has 0 unspecified atom stereocenters. The van der Waals surface area contributed by atoms with Gasteiger partial charge in [0.1, 0.15) is 0 Å². The molecule has 2 aromatic rings. The van der Waals surface area contributed by atoms with E-state index in [2.05, 4.69) is 19.1 Å². The summed E-state index contributed by atoms with van der Waals surface area (Å²) in [6.07, 6.45) is 0.723. The number of aliphatic hydroxyl groups is 1. The highest BCUT2D eigenvalue weighted by Gasteiger charge is 2.25. The summed E-state index contributed by atoms with van der Waals surface area (Å²) in [7, 11) is 0. The van der Waals surface area contributed by atoms with Crippen LogP contribution in [0.25, 0.3) is 0 Å². The molecule has 0 saturated carbocycles. The first-order chi connectivity index (χ1) is 8.59. The number of rotatable bonds is 4.